The minimum Gasteiger partial charge on any atom is -0.488 e. The van der Waals surface area contributed by atoms with Gasteiger partial charge in [0, 0.05) is 5.56 Å². The fourth-order valence-corrected chi connectivity index (χ4v) is 2.75. The topological polar surface area (TPSA) is 35.5 Å². The molecular weight excluding hydrogens is 320 g/mol. The van der Waals surface area contributed by atoms with Crippen LogP contribution in [0.1, 0.15) is 36.1 Å². The Labute approximate surface area is 148 Å². The molecule has 128 valence electrons. The molecule has 0 N–H and O–H groups in total. The maximum atomic E-state index is 11.6. The highest BCUT2D eigenvalue weighted by Gasteiger charge is 2.13. The molecule has 0 amide bonds. The molecule has 0 saturated carbocycles. The Kier molecular flexibility index (Phi) is 6.73. The van der Waals surface area contributed by atoms with Crippen molar-refractivity contribution in [2.45, 2.75) is 40.2 Å². The Hall–Kier alpha value is -1.94. The molecule has 0 fully saturated rings. The SMILES string of the molecule is CCc1ccc(OCc2c(CC)cccc2OC(=O)SC)c(C)c1. The number of hydrogen-bond donors (Lipinski definition) is 0. The van der Waals surface area contributed by atoms with Gasteiger partial charge in [-0.2, -0.15) is 0 Å². The molecule has 0 saturated heterocycles. The maximum absolute atomic E-state index is 11.6. The number of ether oxygens (including phenoxy) is 2. The fraction of sp³-hybridized carbons (Fsp3) is 0.350. The summed E-state index contributed by atoms with van der Waals surface area (Å²) in [6, 6.07) is 12.0. The highest BCUT2D eigenvalue weighted by atomic mass is 32.2. The summed E-state index contributed by atoms with van der Waals surface area (Å²) in [6.45, 7) is 6.65. The molecule has 2 aromatic carbocycles. The zero-order chi connectivity index (χ0) is 17.5. The average molecular weight is 344 g/mol. The van der Waals surface area contributed by atoms with E-state index in [-0.39, 0.29) is 5.30 Å². The minimum absolute atomic E-state index is 0.312. The highest BCUT2D eigenvalue weighted by Crippen LogP contribution is 2.27. The number of aryl methyl sites for hydroxylation is 3. The van der Waals surface area contributed by atoms with Gasteiger partial charge in [0.25, 0.3) is 0 Å². The standard InChI is InChI=1S/C20H24O3S/c1-5-15-10-11-18(14(3)12-15)22-13-17-16(6-2)8-7-9-19(17)23-20(21)24-4/h7-12H,5-6,13H2,1-4H3. The molecule has 0 aromatic heterocycles. The predicted molar refractivity (Wildman–Crippen MR) is 100 cm³/mol. The molecule has 0 atom stereocenters. The Bertz CT molecular complexity index is 710. The van der Waals surface area contributed by atoms with Gasteiger partial charge in [0.05, 0.1) is 0 Å². The van der Waals surface area contributed by atoms with Crippen molar-refractivity contribution in [1.29, 1.82) is 0 Å². The van der Waals surface area contributed by atoms with Crippen molar-refractivity contribution in [3.05, 3.63) is 58.7 Å². The van der Waals surface area contributed by atoms with Crippen LogP contribution in [-0.4, -0.2) is 11.6 Å². The van der Waals surface area contributed by atoms with Crippen molar-refractivity contribution in [2.75, 3.05) is 6.26 Å². The van der Waals surface area contributed by atoms with Crippen molar-refractivity contribution in [3.63, 3.8) is 0 Å². The second-order valence-electron chi connectivity index (χ2n) is 5.55. The van der Waals surface area contributed by atoms with Crippen LogP contribution < -0.4 is 9.47 Å². The van der Waals surface area contributed by atoms with E-state index in [0.29, 0.717) is 12.4 Å². The van der Waals surface area contributed by atoms with Gasteiger partial charge in [-0.15, -0.1) is 0 Å². The third kappa shape index (κ3) is 4.54. The first-order chi connectivity index (χ1) is 11.6. The van der Waals surface area contributed by atoms with Gasteiger partial charge in [-0.25, -0.2) is 4.79 Å². The summed E-state index contributed by atoms with van der Waals surface area (Å²) < 4.78 is 11.5. The van der Waals surface area contributed by atoms with Crippen LogP contribution in [0.5, 0.6) is 11.5 Å². The largest absolute Gasteiger partial charge is 0.488 e. The lowest BCUT2D eigenvalue weighted by atomic mass is 10.0. The Morgan fingerprint density at radius 2 is 1.88 bits per heavy atom. The first-order valence-corrected chi connectivity index (χ1v) is 9.40. The summed E-state index contributed by atoms with van der Waals surface area (Å²) in [6.07, 6.45) is 3.58. The van der Waals surface area contributed by atoms with E-state index >= 15 is 0 Å². The zero-order valence-electron chi connectivity index (χ0n) is 14.7. The van der Waals surface area contributed by atoms with E-state index in [1.807, 2.05) is 24.3 Å². The second kappa shape index (κ2) is 8.78. The van der Waals surface area contributed by atoms with E-state index < -0.39 is 0 Å². The van der Waals surface area contributed by atoms with Gasteiger partial charge in [0.1, 0.15) is 18.1 Å². The van der Waals surface area contributed by atoms with Crippen molar-refractivity contribution >= 4 is 17.1 Å². The van der Waals surface area contributed by atoms with Crippen LogP contribution >= 0.6 is 11.8 Å². The average Bonchev–Trinajstić information content (AvgIpc) is 2.60. The van der Waals surface area contributed by atoms with Crippen LogP contribution in [-0.2, 0) is 19.4 Å². The molecule has 0 aliphatic carbocycles. The first-order valence-electron chi connectivity index (χ1n) is 8.17. The predicted octanol–water partition coefficient (Wildman–Crippen LogP) is 5.56. The Morgan fingerprint density at radius 1 is 1.08 bits per heavy atom. The molecule has 4 heteroatoms. The Balaban J connectivity index is 2.23. The van der Waals surface area contributed by atoms with Crippen LogP contribution in [0.4, 0.5) is 4.79 Å². The smallest absolute Gasteiger partial charge is 0.372 e. The molecule has 24 heavy (non-hydrogen) atoms. The number of rotatable bonds is 6. The molecule has 0 aliphatic heterocycles. The number of hydrogen-bond acceptors (Lipinski definition) is 4. The van der Waals surface area contributed by atoms with E-state index in [0.717, 1.165) is 47.0 Å². The van der Waals surface area contributed by atoms with Crippen LogP contribution in [0, 0.1) is 6.92 Å². The summed E-state index contributed by atoms with van der Waals surface area (Å²) in [5.41, 5.74) is 4.47. The van der Waals surface area contributed by atoms with Crippen molar-refractivity contribution in [1.82, 2.24) is 0 Å². The highest BCUT2D eigenvalue weighted by molar-refractivity contribution is 8.12. The third-order valence-electron chi connectivity index (χ3n) is 3.99. The summed E-state index contributed by atoms with van der Waals surface area (Å²) in [7, 11) is 0. The van der Waals surface area contributed by atoms with Crippen molar-refractivity contribution < 1.29 is 14.3 Å². The summed E-state index contributed by atoms with van der Waals surface area (Å²) >= 11 is 1.06. The quantitative estimate of drug-likeness (QED) is 0.643. The van der Waals surface area contributed by atoms with Gasteiger partial charge >= 0.3 is 5.30 Å². The molecule has 3 nitrogen and oxygen atoms in total. The molecule has 0 bridgehead atoms. The number of carbonyl (C=O) groups is 1. The van der Waals surface area contributed by atoms with Crippen molar-refractivity contribution in [3.8, 4) is 11.5 Å². The van der Waals surface area contributed by atoms with Gasteiger partial charge < -0.3 is 9.47 Å². The zero-order valence-corrected chi connectivity index (χ0v) is 15.5. The molecule has 0 spiro atoms. The summed E-state index contributed by atoms with van der Waals surface area (Å²) in [4.78, 5) is 11.6. The number of thioether (sulfide) groups is 1. The molecule has 0 aliphatic rings. The molecular formula is C20H24O3S. The van der Waals surface area contributed by atoms with Gasteiger partial charge in [0.2, 0.25) is 0 Å². The second-order valence-corrected chi connectivity index (χ2v) is 6.29. The van der Waals surface area contributed by atoms with E-state index in [1.54, 1.807) is 6.26 Å². The van der Waals surface area contributed by atoms with E-state index in [9.17, 15) is 4.79 Å². The van der Waals surface area contributed by atoms with E-state index in [4.69, 9.17) is 9.47 Å². The molecule has 0 heterocycles. The minimum atomic E-state index is -0.312. The molecule has 2 rings (SSSR count). The monoisotopic (exact) mass is 344 g/mol. The molecule has 0 radical (unpaired) electrons. The third-order valence-corrected chi connectivity index (χ3v) is 4.41. The van der Waals surface area contributed by atoms with Crippen LogP contribution in [0.2, 0.25) is 0 Å². The normalized spacial score (nSPS) is 10.5. The van der Waals surface area contributed by atoms with E-state index in [2.05, 4.69) is 32.9 Å². The van der Waals surface area contributed by atoms with Crippen molar-refractivity contribution in [2.24, 2.45) is 0 Å². The van der Waals surface area contributed by atoms with Crippen LogP contribution in [0.25, 0.3) is 0 Å². The van der Waals surface area contributed by atoms with E-state index in [1.165, 1.54) is 5.56 Å². The molecule has 0 unspecified atom stereocenters. The van der Waals surface area contributed by atoms with Crippen LogP contribution in [0.15, 0.2) is 36.4 Å². The lowest BCUT2D eigenvalue weighted by Crippen LogP contribution is -2.07. The number of carbonyl (C=O) groups excluding carboxylic acids is 1. The summed E-state index contributed by atoms with van der Waals surface area (Å²) in [5, 5.41) is -0.312. The lowest BCUT2D eigenvalue weighted by Gasteiger charge is -2.16. The Morgan fingerprint density at radius 3 is 2.50 bits per heavy atom. The van der Waals surface area contributed by atoms with Gasteiger partial charge in [0.15, 0.2) is 0 Å². The fourth-order valence-electron chi connectivity index (χ4n) is 2.58. The first kappa shape index (κ1) is 18.4. The molecule has 2 aromatic rings. The van der Waals surface area contributed by atoms with Gasteiger partial charge in [-0.05, 0) is 66.6 Å². The number of benzene rings is 2. The summed E-state index contributed by atoms with van der Waals surface area (Å²) in [5.74, 6) is 1.44. The maximum Gasteiger partial charge on any atom is 0.372 e. The van der Waals surface area contributed by atoms with Gasteiger partial charge in [-0.3, -0.25) is 0 Å². The van der Waals surface area contributed by atoms with Gasteiger partial charge in [-0.1, -0.05) is 38.1 Å². The van der Waals surface area contributed by atoms with Crippen LogP contribution in [0.3, 0.4) is 0 Å². The lowest BCUT2D eigenvalue weighted by molar-refractivity contribution is 0.225.